The molecule has 0 unspecified atom stereocenters. The van der Waals surface area contributed by atoms with Crippen LogP contribution in [0.5, 0.6) is 11.5 Å². The molecule has 4 rings (SSSR count). The molecule has 0 radical (unpaired) electrons. The summed E-state index contributed by atoms with van der Waals surface area (Å²) in [4.78, 5) is 17.4. The topological polar surface area (TPSA) is 42.0 Å². The van der Waals surface area contributed by atoms with Crippen LogP contribution in [0, 0.1) is 5.82 Å². The second kappa shape index (κ2) is 7.64. The molecule has 2 aromatic rings. The van der Waals surface area contributed by atoms with Gasteiger partial charge in [-0.3, -0.25) is 4.79 Å². The molecule has 0 aromatic heterocycles. The van der Waals surface area contributed by atoms with Gasteiger partial charge in [-0.05, 0) is 42.9 Å². The van der Waals surface area contributed by atoms with Gasteiger partial charge in [0.05, 0.1) is 12.7 Å². The van der Waals surface area contributed by atoms with Gasteiger partial charge in [0.2, 0.25) is 0 Å². The van der Waals surface area contributed by atoms with E-state index < -0.39 is 0 Å². The van der Waals surface area contributed by atoms with Crippen LogP contribution in [0.15, 0.2) is 48.0 Å². The summed E-state index contributed by atoms with van der Waals surface area (Å²) in [5.41, 5.74) is 2.67. The molecule has 0 bridgehead atoms. The number of hydrogen-bond acceptors (Lipinski definition) is 4. The first kappa shape index (κ1) is 18.5. The summed E-state index contributed by atoms with van der Waals surface area (Å²) in [6.45, 7) is 3.16. The van der Waals surface area contributed by atoms with Crippen LogP contribution in [0.1, 0.15) is 11.1 Å². The zero-order valence-corrected chi connectivity index (χ0v) is 16.1. The molecule has 1 fully saturated rings. The maximum absolute atomic E-state index is 14.0. The minimum absolute atomic E-state index is 0.0548. The number of likely N-dealkylation sites (N-methyl/N-ethyl adjacent to an activating group) is 1. The SMILES string of the molecule is COc1ccc2c(c1)C(c1cccc(F)c1)=C(C(=O)N1CCN(C)CC1)CO2. The van der Waals surface area contributed by atoms with Crippen molar-refractivity contribution in [3.63, 3.8) is 0 Å². The Bertz CT molecular complexity index is 933. The Morgan fingerprint density at radius 2 is 1.89 bits per heavy atom. The molecular formula is C22H23FN2O3. The van der Waals surface area contributed by atoms with Gasteiger partial charge >= 0.3 is 0 Å². The molecule has 1 amide bonds. The van der Waals surface area contributed by atoms with Gasteiger partial charge in [-0.15, -0.1) is 0 Å². The fourth-order valence-corrected chi connectivity index (χ4v) is 3.68. The van der Waals surface area contributed by atoms with Gasteiger partial charge in [0.1, 0.15) is 23.9 Å². The van der Waals surface area contributed by atoms with Crippen LogP contribution < -0.4 is 9.47 Å². The molecule has 146 valence electrons. The maximum Gasteiger partial charge on any atom is 0.253 e. The summed E-state index contributed by atoms with van der Waals surface area (Å²) in [7, 11) is 3.64. The highest BCUT2D eigenvalue weighted by atomic mass is 19.1. The summed E-state index contributed by atoms with van der Waals surface area (Å²) in [5.74, 6) is 0.924. The van der Waals surface area contributed by atoms with Crippen molar-refractivity contribution < 1.29 is 18.7 Å². The summed E-state index contributed by atoms with van der Waals surface area (Å²) in [6, 6.07) is 11.8. The number of piperazine rings is 1. The van der Waals surface area contributed by atoms with Crippen LogP contribution in [0.3, 0.4) is 0 Å². The predicted molar refractivity (Wildman–Crippen MR) is 105 cm³/mol. The van der Waals surface area contributed by atoms with Gasteiger partial charge in [-0.1, -0.05) is 12.1 Å². The van der Waals surface area contributed by atoms with E-state index in [1.165, 1.54) is 12.1 Å². The van der Waals surface area contributed by atoms with Crippen LogP contribution >= 0.6 is 0 Å². The minimum atomic E-state index is -0.340. The summed E-state index contributed by atoms with van der Waals surface area (Å²) >= 11 is 0. The average Bonchev–Trinajstić information content (AvgIpc) is 2.72. The average molecular weight is 382 g/mol. The highest BCUT2D eigenvalue weighted by molar-refractivity contribution is 6.06. The Labute approximate surface area is 164 Å². The molecule has 0 atom stereocenters. The van der Waals surface area contributed by atoms with E-state index in [1.54, 1.807) is 13.2 Å². The van der Waals surface area contributed by atoms with E-state index in [-0.39, 0.29) is 18.3 Å². The third kappa shape index (κ3) is 3.47. The van der Waals surface area contributed by atoms with Crippen molar-refractivity contribution in [2.75, 3.05) is 46.9 Å². The number of amides is 1. The predicted octanol–water partition coefficient (Wildman–Crippen LogP) is 2.80. The maximum atomic E-state index is 14.0. The second-order valence-electron chi connectivity index (χ2n) is 7.11. The van der Waals surface area contributed by atoms with Crippen LogP contribution in [-0.2, 0) is 4.79 Å². The molecule has 1 saturated heterocycles. The molecule has 6 heteroatoms. The van der Waals surface area contributed by atoms with Gasteiger partial charge in [0.15, 0.2) is 0 Å². The second-order valence-corrected chi connectivity index (χ2v) is 7.11. The number of methoxy groups -OCH3 is 1. The first-order valence-corrected chi connectivity index (χ1v) is 9.35. The normalized spacial score (nSPS) is 17.2. The molecule has 28 heavy (non-hydrogen) atoms. The monoisotopic (exact) mass is 382 g/mol. The van der Waals surface area contributed by atoms with Gasteiger partial charge < -0.3 is 19.3 Å². The molecule has 2 aliphatic rings. The molecule has 2 aliphatic heterocycles. The highest BCUT2D eigenvalue weighted by Crippen LogP contribution is 2.40. The number of carbonyl (C=O) groups excluding carboxylic acids is 1. The summed E-state index contributed by atoms with van der Waals surface area (Å²) < 4.78 is 25.2. The van der Waals surface area contributed by atoms with Gasteiger partial charge in [-0.25, -0.2) is 4.39 Å². The van der Waals surface area contributed by atoms with Crippen molar-refractivity contribution in [2.45, 2.75) is 0 Å². The van der Waals surface area contributed by atoms with E-state index in [2.05, 4.69) is 4.90 Å². The summed E-state index contributed by atoms with van der Waals surface area (Å²) in [6.07, 6.45) is 0. The van der Waals surface area contributed by atoms with Crippen molar-refractivity contribution >= 4 is 11.5 Å². The number of halogens is 1. The number of hydrogen-bond donors (Lipinski definition) is 0. The number of nitrogens with zero attached hydrogens (tertiary/aromatic N) is 2. The lowest BCUT2D eigenvalue weighted by Crippen LogP contribution is -2.48. The lowest BCUT2D eigenvalue weighted by atomic mass is 9.90. The molecular weight excluding hydrogens is 359 g/mol. The molecule has 0 N–H and O–H groups in total. The van der Waals surface area contributed by atoms with E-state index in [4.69, 9.17) is 9.47 Å². The van der Waals surface area contributed by atoms with Crippen molar-refractivity contribution in [1.29, 1.82) is 0 Å². The molecule has 0 spiro atoms. The first-order chi connectivity index (χ1) is 13.6. The largest absolute Gasteiger partial charge is 0.497 e. The Hall–Kier alpha value is -2.86. The summed E-state index contributed by atoms with van der Waals surface area (Å²) in [5, 5.41) is 0. The third-order valence-corrected chi connectivity index (χ3v) is 5.29. The number of ether oxygens (including phenoxy) is 2. The molecule has 5 nitrogen and oxygen atoms in total. The van der Waals surface area contributed by atoms with Crippen molar-refractivity contribution in [3.05, 3.63) is 65.0 Å². The van der Waals surface area contributed by atoms with Gasteiger partial charge in [0, 0.05) is 37.3 Å². The van der Waals surface area contributed by atoms with Crippen molar-refractivity contribution in [2.24, 2.45) is 0 Å². The Morgan fingerprint density at radius 3 is 2.61 bits per heavy atom. The highest BCUT2D eigenvalue weighted by Gasteiger charge is 2.30. The lowest BCUT2D eigenvalue weighted by molar-refractivity contribution is -0.129. The molecule has 2 heterocycles. The van der Waals surface area contributed by atoms with E-state index in [0.29, 0.717) is 41.3 Å². The van der Waals surface area contributed by atoms with Crippen LogP contribution in [0.25, 0.3) is 5.57 Å². The Morgan fingerprint density at radius 1 is 1.11 bits per heavy atom. The smallest absolute Gasteiger partial charge is 0.253 e. The van der Waals surface area contributed by atoms with Gasteiger partial charge in [0.25, 0.3) is 5.91 Å². The quantitative estimate of drug-likeness (QED) is 0.819. The number of carbonyl (C=O) groups is 1. The van der Waals surface area contributed by atoms with Crippen LogP contribution in [-0.4, -0.2) is 62.7 Å². The Balaban J connectivity index is 1.84. The van der Waals surface area contributed by atoms with Crippen molar-refractivity contribution in [3.8, 4) is 11.5 Å². The van der Waals surface area contributed by atoms with E-state index >= 15 is 0 Å². The van der Waals surface area contributed by atoms with E-state index in [9.17, 15) is 9.18 Å². The lowest BCUT2D eigenvalue weighted by Gasteiger charge is -2.34. The standard InChI is InChI=1S/C22H23FN2O3/c1-24-8-10-25(11-9-24)22(26)19-14-28-20-7-6-17(27-2)13-18(20)21(19)15-4-3-5-16(23)12-15/h3-7,12-13H,8-11,14H2,1-2H3. The number of fused-ring (bicyclic) bond motifs is 1. The fourth-order valence-electron chi connectivity index (χ4n) is 3.68. The van der Waals surface area contributed by atoms with Crippen molar-refractivity contribution in [1.82, 2.24) is 9.80 Å². The van der Waals surface area contributed by atoms with Crippen LogP contribution in [0.4, 0.5) is 4.39 Å². The first-order valence-electron chi connectivity index (χ1n) is 9.35. The van der Waals surface area contributed by atoms with E-state index in [0.717, 1.165) is 18.7 Å². The molecule has 2 aromatic carbocycles. The third-order valence-electron chi connectivity index (χ3n) is 5.29. The number of rotatable bonds is 3. The fraction of sp³-hybridized carbons (Fsp3) is 0.318. The Kier molecular flexibility index (Phi) is 5.05. The zero-order valence-electron chi connectivity index (χ0n) is 16.1. The van der Waals surface area contributed by atoms with Crippen LogP contribution in [0.2, 0.25) is 0 Å². The van der Waals surface area contributed by atoms with E-state index in [1.807, 2.05) is 36.2 Å². The zero-order chi connectivity index (χ0) is 19.7. The minimum Gasteiger partial charge on any atom is -0.497 e. The molecule has 0 aliphatic carbocycles. The van der Waals surface area contributed by atoms with Gasteiger partial charge in [-0.2, -0.15) is 0 Å². The molecule has 0 saturated carbocycles. The number of benzene rings is 2.